The van der Waals surface area contributed by atoms with Gasteiger partial charge < -0.3 is 4.90 Å². The first-order chi connectivity index (χ1) is 6.16. The van der Waals surface area contributed by atoms with Gasteiger partial charge in [0.05, 0.1) is 11.3 Å². The topological polar surface area (TPSA) is 33.2 Å². The van der Waals surface area contributed by atoms with Crippen molar-refractivity contribution in [3.05, 3.63) is 29.6 Å². The minimum Gasteiger partial charge on any atom is -0.345 e. The Morgan fingerprint density at radius 1 is 1.54 bits per heavy atom. The molecule has 0 aliphatic rings. The summed E-state index contributed by atoms with van der Waals surface area (Å²) in [5, 5.41) is 0. The molecule has 0 spiro atoms. The summed E-state index contributed by atoms with van der Waals surface area (Å²) in [6.45, 7) is 1.99. The van der Waals surface area contributed by atoms with Gasteiger partial charge in [-0.25, -0.2) is 0 Å². The molecule has 3 nitrogen and oxygen atoms in total. The summed E-state index contributed by atoms with van der Waals surface area (Å²) in [4.78, 5) is 17.3. The van der Waals surface area contributed by atoms with E-state index in [-0.39, 0.29) is 5.91 Å². The number of aromatic nitrogens is 1. The number of nitrogens with zero attached hydrogens (tertiary/aromatic N) is 2. The van der Waals surface area contributed by atoms with E-state index >= 15 is 0 Å². The highest BCUT2D eigenvalue weighted by atomic mass is 16.2. The number of hydrogen-bond donors (Lipinski definition) is 0. The maximum Gasteiger partial charge on any atom is 0.255 e. The highest BCUT2D eigenvalue weighted by Gasteiger charge is 2.11. The summed E-state index contributed by atoms with van der Waals surface area (Å²) in [5.74, 6) is 0.0185. The van der Waals surface area contributed by atoms with Crippen LogP contribution in [-0.2, 0) is 6.42 Å². The van der Waals surface area contributed by atoms with Crippen LogP contribution < -0.4 is 0 Å². The highest BCUT2D eigenvalue weighted by molar-refractivity contribution is 5.94. The lowest BCUT2D eigenvalue weighted by Gasteiger charge is -2.12. The molecule has 70 valence electrons. The first-order valence-electron chi connectivity index (χ1n) is 4.32. The summed E-state index contributed by atoms with van der Waals surface area (Å²) in [6, 6.07) is 3.60. The van der Waals surface area contributed by atoms with Gasteiger partial charge in [-0.3, -0.25) is 9.78 Å². The van der Waals surface area contributed by atoms with E-state index in [2.05, 4.69) is 4.98 Å². The number of pyridine rings is 1. The smallest absolute Gasteiger partial charge is 0.255 e. The molecule has 13 heavy (non-hydrogen) atoms. The molecule has 0 aliphatic heterocycles. The average Bonchev–Trinajstić information content (AvgIpc) is 2.16. The molecule has 0 bridgehead atoms. The van der Waals surface area contributed by atoms with Crippen molar-refractivity contribution in [2.24, 2.45) is 0 Å². The third kappa shape index (κ3) is 2.05. The Kier molecular flexibility index (Phi) is 3.01. The quantitative estimate of drug-likeness (QED) is 0.684. The molecule has 0 saturated heterocycles. The largest absolute Gasteiger partial charge is 0.345 e. The standard InChI is InChI=1S/C10H14N2O/c1-4-9-8(6-5-7-11-9)10(13)12(2)3/h5-7H,4H2,1-3H3. The maximum absolute atomic E-state index is 11.6. The van der Waals surface area contributed by atoms with Crippen LogP contribution in [0.15, 0.2) is 18.3 Å². The summed E-state index contributed by atoms with van der Waals surface area (Å²) < 4.78 is 0. The van der Waals surface area contributed by atoms with Gasteiger partial charge in [-0.05, 0) is 18.6 Å². The van der Waals surface area contributed by atoms with Gasteiger partial charge in [0.15, 0.2) is 0 Å². The van der Waals surface area contributed by atoms with E-state index in [0.717, 1.165) is 12.1 Å². The van der Waals surface area contributed by atoms with E-state index in [9.17, 15) is 4.79 Å². The van der Waals surface area contributed by atoms with Gasteiger partial charge >= 0.3 is 0 Å². The number of hydrogen-bond acceptors (Lipinski definition) is 2. The number of rotatable bonds is 2. The average molecular weight is 178 g/mol. The molecule has 0 N–H and O–H groups in total. The van der Waals surface area contributed by atoms with Crippen LogP contribution in [0.2, 0.25) is 0 Å². The molecule has 1 heterocycles. The van der Waals surface area contributed by atoms with Crippen LogP contribution in [0.25, 0.3) is 0 Å². The summed E-state index contributed by atoms with van der Waals surface area (Å²) in [7, 11) is 3.49. The van der Waals surface area contributed by atoms with Gasteiger partial charge in [0.1, 0.15) is 0 Å². The zero-order valence-corrected chi connectivity index (χ0v) is 8.24. The summed E-state index contributed by atoms with van der Waals surface area (Å²) in [6.07, 6.45) is 2.50. The fourth-order valence-electron chi connectivity index (χ4n) is 1.16. The zero-order chi connectivity index (χ0) is 9.84. The minimum absolute atomic E-state index is 0.0185. The predicted octanol–water partition coefficient (Wildman–Crippen LogP) is 1.35. The lowest BCUT2D eigenvalue weighted by Crippen LogP contribution is -2.23. The fourth-order valence-corrected chi connectivity index (χ4v) is 1.16. The van der Waals surface area contributed by atoms with Crippen LogP contribution in [0.5, 0.6) is 0 Å². The number of aryl methyl sites for hydroxylation is 1. The second-order valence-electron chi connectivity index (χ2n) is 3.05. The third-order valence-corrected chi connectivity index (χ3v) is 1.86. The molecular formula is C10H14N2O. The molecule has 0 fully saturated rings. The molecule has 0 saturated carbocycles. The van der Waals surface area contributed by atoms with Crippen molar-refractivity contribution in [1.82, 2.24) is 9.88 Å². The highest BCUT2D eigenvalue weighted by Crippen LogP contribution is 2.07. The Morgan fingerprint density at radius 2 is 2.23 bits per heavy atom. The van der Waals surface area contributed by atoms with Crippen molar-refractivity contribution in [2.75, 3.05) is 14.1 Å². The molecule has 0 atom stereocenters. The SMILES string of the molecule is CCc1ncccc1C(=O)N(C)C. The molecule has 0 aliphatic carbocycles. The molecule has 1 amide bonds. The lowest BCUT2D eigenvalue weighted by molar-refractivity contribution is 0.0826. The van der Waals surface area contributed by atoms with Gasteiger partial charge in [0.2, 0.25) is 0 Å². The number of carbonyl (C=O) groups is 1. The van der Waals surface area contributed by atoms with Crippen molar-refractivity contribution in [3.63, 3.8) is 0 Å². The monoisotopic (exact) mass is 178 g/mol. The van der Waals surface area contributed by atoms with E-state index < -0.39 is 0 Å². The third-order valence-electron chi connectivity index (χ3n) is 1.86. The molecule has 3 heteroatoms. The molecule has 0 radical (unpaired) electrons. The molecule has 1 aromatic heterocycles. The predicted molar refractivity (Wildman–Crippen MR) is 51.6 cm³/mol. The van der Waals surface area contributed by atoms with Crippen LogP contribution in [0.1, 0.15) is 23.0 Å². The van der Waals surface area contributed by atoms with E-state index in [0.29, 0.717) is 5.56 Å². The summed E-state index contributed by atoms with van der Waals surface area (Å²) in [5.41, 5.74) is 1.57. The van der Waals surface area contributed by atoms with Gasteiger partial charge in [0.25, 0.3) is 5.91 Å². The van der Waals surface area contributed by atoms with E-state index in [1.54, 1.807) is 31.3 Å². The van der Waals surface area contributed by atoms with Crippen LogP contribution in [-0.4, -0.2) is 29.9 Å². The molecular weight excluding hydrogens is 164 g/mol. The number of amides is 1. The normalized spacial score (nSPS) is 9.77. The van der Waals surface area contributed by atoms with E-state index in [1.807, 2.05) is 13.0 Å². The Hall–Kier alpha value is -1.38. The van der Waals surface area contributed by atoms with Crippen LogP contribution in [0.3, 0.4) is 0 Å². The zero-order valence-electron chi connectivity index (χ0n) is 8.24. The lowest BCUT2D eigenvalue weighted by atomic mass is 10.1. The number of carbonyl (C=O) groups excluding carboxylic acids is 1. The first kappa shape index (κ1) is 9.71. The van der Waals surface area contributed by atoms with E-state index in [1.165, 1.54) is 0 Å². The van der Waals surface area contributed by atoms with Gasteiger partial charge in [-0.1, -0.05) is 6.92 Å². The van der Waals surface area contributed by atoms with Crippen molar-refractivity contribution in [3.8, 4) is 0 Å². The first-order valence-corrected chi connectivity index (χ1v) is 4.32. The van der Waals surface area contributed by atoms with Gasteiger partial charge in [-0.15, -0.1) is 0 Å². The maximum atomic E-state index is 11.6. The molecule has 0 aromatic carbocycles. The molecule has 1 aromatic rings. The molecule has 0 unspecified atom stereocenters. The van der Waals surface area contributed by atoms with Gasteiger partial charge in [-0.2, -0.15) is 0 Å². The molecule has 1 rings (SSSR count). The van der Waals surface area contributed by atoms with Crippen molar-refractivity contribution >= 4 is 5.91 Å². The van der Waals surface area contributed by atoms with E-state index in [4.69, 9.17) is 0 Å². The second-order valence-corrected chi connectivity index (χ2v) is 3.05. The Labute approximate surface area is 78.4 Å². The van der Waals surface area contributed by atoms with Crippen molar-refractivity contribution in [1.29, 1.82) is 0 Å². The van der Waals surface area contributed by atoms with Crippen molar-refractivity contribution < 1.29 is 4.79 Å². The summed E-state index contributed by atoms with van der Waals surface area (Å²) >= 11 is 0. The van der Waals surface area contributed by atoms with Crippen LogP contribution in [0, 0.1) is 0 Å². The minimum atomic E-state index is 0.0185. The van der Waals surface area contributed by atoms with Crippen LogP contribution in [0.4, 0.5) is 0 Å². The van der Waals surface area contributed by atoms with Gasteiger partial charge in [0, 0.05) is 20.3 Å². The Balaban J connectivity index is 3.06. The second kappa shape index (κ2) is 4.03. The van der Waals surface area contributed by atoms with Crippen LogP contribution >= 0.6 is 0 Å². The Bertz CT molecular complexity index is 308. The fraction of sp³-hybridized carbons (Fsp3) is 0.400. The Morgan fingerprint density at radius 3 is 2.77 bits per heavy atom. The van der Waals surface area contributed by atoms with Crippen molar-refractivity contribution in [2.45, 2.75) is 13.3 Å².